The molecule has 2 amide bonds. The molecule has 0 aromatic carbocycles. The van der Waals surface area contributed by atoms with Gasteiger partial charge in [-0.15, -0.1) is 0 Å². The molecule has 0 aromatic rings. The Hall–Kier alpha value is -1.30. The van der Waals surface area contributed by atoms with Gasteiger partial charge in [0.25, 0.3) is 0 Å². The quantitative estimate of drug-likeness (QED) is 0.507. The van der Waals surface area contributed by atoms with E-state index in [9.17, 15) is 9.59 Å². The van der Waals surface area contributed by atoms with Gasteiger partial charge < -0.3 is 20.8 Å². The highest BCUT2D eigenvalue weighted by Gasteiger charge is 2.19. The van der Waals surface area contributed by atoms with Gasteiger partial charge in [-0.25, -0.2) is 9.59 Å². The lowest BCUT2D eigenvalue weighted by Gasteiger charge is -2.18. The van der Waals surface area contributed by atoms with Crippen molar-refractivity contribution < 1.29 is 19.8 Å². The van der Waals surface area contributed by atoms with Gasteiger partial charge in [0, 0.05) is 19.1 Å². The summed E-state index contributed by atoms with van der Waals surface area (Å²) >= 11 is 0. The number of carboxylic acid groups (broad SMARTS) is 1. The molecule has 1 atom stereocenters. The van der Waals surface area contributed by atoms with Gasteiger partial charge >= 0.3 is 12.0 Å². The smallest absolute Gasteiger partial charge is 0.326 e. The zero-order valence-electron chi connectivity index (χ0n) is 9.69. The molecule has 0 heterocycles. The molecule has 6 nitrogen and oxygen atoms in total. The van der Waals surface area contributed by atoms with Crippen molar-refractivity contribution in [3.8, 4) is 0 Å². The number of aliphatic hydroxyl groups is 1. The molecule has 0 fully saturated rings. The van der Waals surface area contributed by atoms with Gasteiger partial charge in [-0.2, -0.15) is 0 Å². The van der Waals surface area contributed by atoms with Crippen molar-refractivity contribution in [2.24, 2.45) is 0 Å². The van der Waals surface area contributed by atoms with Crippen LogP contribution in [-0.2, 0) is 4.79 Å². The van der Waals surface area contributed by atoms with Crippen LogP contribution in [0.4, 0.5) is 4.79 Å². The van der Waals surface area contributed by atoms with Crippen LogP contribution in [0.5, 0.6) is 0 Å². The summed E-state index contributed by atoms with van der Waals surface area (Å²) in [5.41, 5.74) is 0. The molecule has 16 heavy (non-hydrogen) atoms. The Morgan fingerprint density at radius 1 is 1.19 bits per heavy atom. The van der Waals surface area contributed by atoms with Crippen LogP contribution in [0.1, 0.15) is 33.1 Å². The normalized spacial score (nSPS) is 12.2. The molecule has 0 bridgehead atoms. The molecule has 0 spiro atoms. The molecule has 0 aliphatic rings. The molecule has 0 rings (SSSR count). The summed E-state index contributed by atoms with van der Waals surface area (Å²) in [7, 11) is 0. The number of aliphatic carboxylic acids is 1. The van der Waals surface area contributed by atoms with Gasteiger partial charge in [-0.3, -0.25) is 0 Å². The number of aliphatic hydroxyl groups excluding tert-OH is 1. The number of amides is 2. The van der Waals surface area contributed by atoms with Gasteiger partial charge in [-0.05, 0) is 12.8 Å². The molecule has 0 saturated heterocycles. The van der Waals surface area contributed by atoms with E-state index in [-0.39, 0.29) is 19.1 Å². The molecule has 0 radical (unpaired) electrons. The third-order valence-corrected chi connectivity index (χ3v) is 2.34. The predicted molar refractivity (Wildman–Crippen MR) is 59.2 cm³/mol. The summed E-state index contributed by atoms with van der Waals surface area (Å²) in [5, 5.41) is 22.4. The van der Waals surface area contributed by atoms with Crippen molar-refractivity contribution in [1.82, 2.24) is 10.6 Å². The van der Waals surface area contributed by atoms with Gasteiger partial charge in [-0.1, -0.05) is 13.8 Å². The first kappa shape index (κ1) is 14.7. The maximum absolute atomic E-state index is 11.4. The van der Waals surface area contributed by atoms with E-state index in [1.54, 1.807) is 0 Å². The Kier molecular flexibility index (Phi) is 7.28. The Morgan fingerprint density at radius 2 is 1.75 bits per heavy atom. The molecule has 0 aromatic heterocycles. The fourth-order valence-electron chi connectivity index (χ4n) is 1.26. The molecule has 6 heteroatoms. The standard InChI is InChI=1S/C10H20N2O4/c1-3-7(4-2)11-10(16)12-8(5-6-13)9(14)15/h7-8,13H,3-6H2,1-2H3,(H,14,15)(H2,11,12,16)/t8-/m1/s1. The van der Waals surface area contributed by atoms with Crippen LogP contribution in [-0.4, -0.2) is 40.9 Å². The fourth-order valence-corrected chi connectivity index (χ4v) is 1.26. The number of hydrogen-bond donors (Lipinski definition) is 4. The zero-order chi connectivity index (χ0) is 12.6. The van der Waals surface area contributed by atoms with E-state index in [0.29, 0.717) is 0 Å². The van der Waals surface area contributed by atoms with Crippen LogP contribution >= 0.6 is 0 Å². The molecule has 0 aliphatic heterocycles. The minimum absolute atomic E-state index is 0.00563. The molecule has 94 valence electrons. The lowest BCUT2D eigenvalue weighted by Crippen LogP contribution is -2.49. The Morgan fingerprint density at radius 3 is 2.12 bits per heavy atom. The second-order valence-corrected chi connectivity index (χ2v) is 3.53. The number of carbonyl (C=O) groups excluding carboxylic acids is 1. The lowest BCUT2D eigenvalue weighted by molar-refractivity contribution is -0.139. The summed E-state index contributed by atoms with van der Waals surface area (Å²) in [6.45, 7) is 3.61. The van der Waals surface area contributed by atoms with Crippen LogP contribution in [0.2, 0.25) is 0 Å². The third-order valence-electron chi connectivity index (χ3n) is 2.34. The van der Waals surface area contributed by atoms with Gasteiger partial charge in [0.1, 0.15) is 6.04 Å². The van der Waals surface area contributed by atoms with Crippen molar-refractivity contribution in [1.29, 1.82) is 0 Å². The van der Waals surface area contributed by atoms with Crippen molar-refractivity contribution in [2.75, 3.05) is 6.61 Å². The zero-order valence-corrected chi connectivity index (χ0v) is 9.69. The summed E-state index contributed by atoms with van der Waals surface area (Å²) in [4.78, 5) is 22.1. The van der Waals surface area contributed by atoms with Crippen LogP contribution < -0.4 is 10.6 Å². The van der Waals surface area contributed by atoms with Crippen molar-refractivity contribution in [2.45, 2.75) is 45.2 Å². The molecule has 0 saturated carbocycles. The summed E-state index contributed by atoms with van der Waals surface area (Å²) in [6, 6.07) is -1.50. The van der Waals surface area contributed by atoms with Gasteiger partial charge in [0.15, 0.2) is 0 Å². The van der Waals surface area contributed by atoms with E-state index in [0.717, 1.165) is 12.8 Å². The van der Waals surface area contributed by atoms with Crippen LogP contribution in [0.15, 0.2) is 0 Å². The maximum Gasteiger partial charge on any atom is 0.326 e. The van der Waals surface area contributed by atoms with E-state index in [1.807, 2.05) is 13.8 Å². The monoisotopic (exact) mass is 232 g/mol. The number of rotatable bonds is 7. The molecule has 0 unspecified atom stereocenters. The Balaban J connectivity index is 4.13. The molecule has 4 N–H and O–H groups in total. The van der Waals surface area contributed by atoms with Crippen LogP contribution in [0.3, 0.4) is 0 Å². The number of carbonyl (C=O) groups is 2. The number of carboxylic acids is 1. The van der Waals surface area contributed by atoms with Crippen molar-refractivity contribution in [3.05, 3.63) is 0 Å². The van der Waals surface area contributed by atoms with Gasteiger partial charge in [0.05, 0.1) is 0 Å². The Labute approximate surface area is 95.0 Å². The fraction of sp³-hybridized carbons (Fsp3) is 0.800. The number of nitrogens with one attached hydrogen (secondary N) is 2. The van der Waals surface area contributed by atoms with E-state index in [2.05, 4.69) is 10.6 Å². The summed E-state index contributed by atoms with van der Waals surface area (Å²) < 4.78 is 0. The third kappa shape index (κ3) is 5.55. The molecular formula is C10H20N2O4. The van der Waals surface area contributed by atoms with E-state index >= 15 is 0 Å². The number of urea groups is 1. The highest BCUT2D eigenvalue weighted by Crippen LogP contribution is 1.97. The second-order valence-electron chi connectivity index (χ2n) is 3.53. The summed E-state index contributed by atoms with van der Waals surface area (Å²) in [6.07, 6.45) is 1.59. The maximum atomic E-state index is 11.4. The van der Waals surface area contributed by atoms with Crippen LogP contribution in [0, 0.1) is 0 Å². The first-order chi connectivity index (χ1) is 7.54. The SMILES string of the molecule is CCC(CC)NC(=O)N[C@H](CCO)C(=O)O. The molecular weight excluding hydrogens is 212 g/mol. The van der Waals surface area contributed by atoms with E-state index < -0.39 is 18.0 Å². The number of hydrogen-bond acceptors (Lipinski definition) is 3. The minimum atomic E-state index is -1.14. The average molecular weight is 232 g/mol. The lowest BCUT2D eigenvalue weighted by atomic mass is 10.2. The average Bonchev–Trinajstić information content (AvgIpc) is 2.25. The largest absolute Gasteiger partial charge is 0.480 e. The Bertz CT molecular complexity index is 229. The minimum Gasteiger partial charge on any atom is -0.480 e. The van der Waals surface area contributed by atoms with Crippen molar-refractivity contribution >= 4 is 12.0 Å². The predicted octanol–water partition coefficient (Wildman–Crippen LogP) is 0.310. The second kappa shape index (κ2) is 7.92. The van der Waals surface area contributed by atoms with E-state index in [4.69, 9.17) is 10.2 Å². The summed E-state index contributed by atoms with van der Waals surface area (Å²) in [5.74, 6) is -1.14. The van der Waals surface area contributed by atoms with Crippen molar-refractivity contribution in [3.63, 3.8) is 0 Å². The topological polar surface area (TPSA) is 98.7 Å². The van der Waals surface area contributed by atoms with Gasteiger partial charge in [0.2, 0.25) is 0 Å². The highest BCUT2D eigenvalue weighted by molar-refractivity contribution is 5.82. The highest BCUT2D eigenvalue weighted by atomic mass is 16.4. The van der Waals surface area contributed by atoms with Crippen LogP contribution in [0.25, 0.3) is 0 Å². The first-order valence-corrected chi connectivity index (χ1v) is 5.45. The van der Waals surface area contributed by atoms with E-state index in [1.165, 1.54) is 0 Å². The molecule has 0 aliphatic carbocycles. The first-order valence-electron chi connectivity index (χ1n) is 5.45.